The van der Waals surface area contributed by atoms with E-state index in [2.05, 4.69) is 10.3 Å². The first-order valence-electron chi connectivity index (χ1n) is 7.66. The predicted octanol–water partition coefficient (Wildman–Crippen LogP) is 1.69. The second kappa shape index (κ2) is 6.24. The Kier molecular flexibility index (Phi) is 4.14. The Bertz CT molecular complexity index is 720. The number of rotatable bonds is 6. The van der Waals surface area contributed by atoms with Crippen LogP contribution in [0.4, 0.5) is 0 Å². The van der Waals surface area contributed by atoms with Gasteiger partial charge in [-0.1, -0.05) is 30.3 Å². The van der Waals surface area contributed by atoms with E-state index in [0.717, 1.165) is 18.4 Å². The van der Waals surface area contributed by atoms with E-state index in [1.165, 1.54) is 0 Å². The maximum atomic E-state index is 12.4. The fourth-order valence-corrected chi connectivity index (χ4v) is 2.43. The van der Waals surface area contributed by atoms with Crippen molar-refractivity contribution in [2.75, 3.05) is 0 Å². The molecule has 3 N–H and O–H groups in total. The van der Waals surface area contributed by atoms with E-state index in [9.17, 15) is 9.59 Å². The van der Waals surface area contributed by atoms with Crippen LogP contribution in [0.2, 0.25) is 0 Å². The highest BCUT2D eigenvalue weighted by Crippen LogP contribution is 2.40. The van der Waals surface area contributed by atoms with Gasteiger partial charge in [0.05, 0.1) is 5.69 Å². The van der Waals surface area contributed by atoms with E-state index in [1.54, 1.807) is 6.92 Å². The average molecular weight is 313 g/mol. The van der Waals surface area contributed by atoms with Crippen LogP contribution in [0.25, 0.3) is 0 Å². The molecule has 2 amide bonds. The maximum absolute atomic E-state index is 12.4. The zero-order valence-corrected chi connectivity index (χ0v) is 12.9. The number of nitrogens with two attached hydrogens (primary N) is 1. The third-order valence-electron chi connectivity index (χ3n) is 3.88. The van der Waals surface area contributed by atoms with Crippen molar-refractivity contribution in [3.05, 3.63) is 53.2 Å². The number of nitrogens with zero attached hydrogens (tertiary/aromatic N) is 1. The highest BCUT2D eigenvalue weighted by atomic mass is 16.4. The minimum absolute atomic E-state index is 0.159. The number of amides is 2. The summed E-state index contributed by atoms with van der Waals surface area (Å²) in [5.74, 6) is 0.0486. The molecule has 120 valence electrons. The molecule has 1 fully saturated rings. The zero-order chi connectivity index (χ0) is 16.4. The molecule has 1 heterocycles. The quantitative estimate of drug-likeness (QED) is 0.847. The molecule has 0 aliphatic heterocycles. The number of benzene rings is 1. The monoisotopic (exact) mass is 313 g/mol. The van der Waals surface area contributed by atoms with E-state index in [4.69, 9.17) is 10.2 Å². The molecule has 6 heteroatoms. The smallest absolute Gasteiger partial charge is 0.289 e. The van der Waals surface area contributed by atoms with Crippen molar-refractivity contribution in [1.82, 2.24) is 10.3 Å². The first kappa shape index (κ1) is 15.3. The molecule has 6 nitrogen and oxygen atoms in total. The standard InChI is InChI=1S/C17H19N3O3/c1-10-14(23-17(19-10)12-7-8-12)16(22)20-13(15(18)21)9-11-5-3-2-4-6-11/h2-6,12-13H,7-9H2,1H3,(H2,18,21)(H,20,22). The van der Waals surface area contributed by atoms with E-state index in [-0.39, 0.29) is 5.76 Å². The first-order chi connectivity index (χ1) is 11.0. The summed E-state index contributed by atoms with van der Waals surface area (Å²) in [5, 5.41) is 2.65. The van der Waals surface area contributed by atoms with Crippen LogP contribution in [0.5, 0.6) is 0 Å². The van der Waals surface area contributed by atoms with Gasteiger partial charge in [-0.3, -0.25) is 9.59 Å². The molecule has 1 aliphatic rings. The summed E-state index contributed by atoms with van der Waals surface area (Å²) in [7, 11) is 0. The van der Waals surface area contributed by atoms with Crippen LogP contribution < -0.4 is 11.1 Å². The Labute approximate surface area is 134 Å². The van der Waals surface area contributed by atoms with Crippen molar-refractivity contribution in [2.45, 2.75) is 38.1 Å². The van der Waals surface area contributed by atoms with Crippen LogP contribution in [0, 0.1) is 6.92 Å². The number of hydrogen-bond acceptors (Lipinski definition) is 4. The molecule has 0 saturated heterocycles. The van der Waals surface area contributed by atoms with Crippen LogP contribution in [0.1, 0.15) is 46.5 Å². The molecule has 1 aromatic heterocycles. The summed E-state index contributed by atoms with van der Waals surface area (Å²) in [6.07, 6.45) is 2.42. The summed E-state index contributed by atoms with van der Waals surface area (Å²) in [5.41, 5.74) is 6.87. The summed E-state index contributed by atoms with van der Waals surface area (Å²) in [4.78, 5) is 28.3. The third-order valence-corrected chi connectivity index (χ3v) is 3.88. The summed E-state index contributed by atoms with van der Waals surface area (Å²) in [6, 6.07) is 8.60. The van der Waals surface area contributed by atoms with Gasteiger partial charge in [0.1, 0.15) is 6.04 Å². The fraction of sp³-hybridized carbons (Fsp3) is 0.353. The van der Waals surface area contributed by atoms with Gasteiger partial charge in [0.2, 0.25) is 11.7 Å². The van der Waals surface area contributed by atoms with Gasteiger partial charge in [0.15, 0.2) is 5.89 Å². The molecule has 1 aromatic carbocycles. The molecular weight excluding hydrogens is 294 g/mol. The molecule has 1 atom stereocenters. The van der Waals surface area contributed by atoms with Crippen LogP contribution >= 0.6 is 0 Å². The SMILES string of the molecule is Cc1nc(C2CC2)oc1C(=O)NC(Cc1ccccc1)C(N)=O. The third kappa shape index (κ3) is 3.59. The zero-order valence-electron chi connectivity index (χ0n) is 12.9. The first-order valence-corrected chi connectivity index (χ1v) is 7.66. The highest BCUT2D eigenvalue weighted by Gasteiger charge is 2.31. The number of aryl methyl sites for hydroxylation is 1. The van der Waals surface area contributed by atoms with Crippen molar-refractivity contribution in [1.29, 1.82) is 0 Å². The molecule has 2 aromatic rings. The largest absolute Gasteiger partial charge is 0.435 e. The number of primary amides is 1. The fourth-order valence-electron chi connectivity index (χ4n) is 2.43. The number of oxazole rings is 1. The van der Waals surface area contributed by atoms with Gasteiger partial charge in [-0.05, 0) is 25.3 Å². The minimum atomic E-state index is -0.793. The Morgan fingerprint density at radius 3 is 2.65 bits per heavy atom. The Balaban J connectivity index is 1.72. The summed E-state index contributed by atoms with van der Waals surface area (Å²) < 4.78 is 5.56. The minimum Gasteiger partial charge on any atom is -0.435 e. The predicted molar refractivity (Wildman–Crippen MR) is 83.8 cm³/mol. The molecule has 3 rings (SSSR count). The van der Waals surface area contributed by atoms with Gasteiger partial charge in [-0.25, -0.2) is 4.98 Å². The van der Waals surface area contributed by atoms with E-state index in [1.807, 2.05) is 30.3 Å². The second-order valence-electron chi connectivity index (χ2n) is 5.86. The van der Waals surface area contributed by atoms with Crippen LogP contribution in [0.15, 0.2) is 34.7 Å². The van der Waals surface area contributed by atoms with E-state index in [0.29, 0.717) is 23.9 Å². The van der Waals surface area contributed by atoms with Gasteiger partial charge < -0.3 is 15.5 Å². The van der Waals surface area contributed by atoms with Crippen LogP contribution in [-0.4, -0.2) is 22.8 Å². The van der Waals surface area contributed by atoms with Gasteiger partial charge >= 0.3 is 0 Å². The topological polar surface area (TPSA) is 98.2 Å². The number of hydrogen-bond donors (Lipinski definition) is 2. The van der Waals surface area contributed by atoms with Crippen molar-refractivity contribution in [2.24, 2.45) is 5.73 Å². The molecule has 23 heavy (non-hydrogen) atoms. The van der Waals surface area contributed by atoms with Crippen molar-refractivity contribution in [3.63, 3.8) is 0 Å². The lowest BCUT2D eigenvalue weighted by atomic mass is 10.1. The Hall–Kier alpha value is -2.63. The molecule has 1 unspecified atom stereocenters. The molecule has 0 radical (unpaired) electrons. The Morgan fingerprint density at radius 1 is 1.35 bits per heavy atom. The summed E-state index contributed by atoms with van der Waals surface area (Å²) >= 11 is 0. The maximum Gasteiger partial charge on any atom is 0.289 e. The van der Waals surface area contributed by atoms with Gasteiger partial charge in [-0.2, -0.15) is 0 Å². The van der Waals surface area contributed by atoms with Gasteiger partial charge in [-0.15, -0.1) is 0 Å². The molecular formula is C17H19N3O3. The van der Waals surface area contributed by atoms with Gasteiger partial charge in [0.25, 0.3) is 5.91 Å². The van der Waals surface area contributed by atoms with E-state index < -0.39 is 17.9 Å². The van der Waals surface area contributed by atoms with E-state index >= 15 is 0 Å². The molecule has 0 bridgehead atoms. The lowest BCUT2D eigenvalue weighted by molar-refractivity contribution is -0.119. The average Bonchev–Trinajstić information content (AvgIpc) is 3.30. The number of carbonyl (C=O) groups excluding carboxylic acids is 2. The highest BCUT2D eigenvalue weighted by molar-refractivity contribution is 5.96. The van der Waals surface area contributed by atoms with Crippen molar-refractivity contribution >= 4 is 11.8 Å². The molecule has 1 saturated carbocycles. The second-order valence-corrected chi connectivity index (χ2v) is 5.86. The van der Waals surface area contributed by atoms with Gasteiger partial charge in [0, 0.05) is 12.3 Å². The molecule has 0 spiro atoms. The normalized spacial score (nSPS) is 15.2. The lowest BCUT2D eigenvalue weighted by Crippen LogP contribution is -2.45. The van der Waals surface area contributed by atoms with Crippen molar-refractivity contribution in [3.8, 4) is 0 Å². The number of aromatic nitrogens is 1. The Morgan fingerprint density at radius 2 is 2.04 bits per heavy atom. The summed E-state index contributed by atoms with van der Waals surface area (Å²) in [6.45, 7) is 1.72. The number of carbonyl (C=O) groups is 2. The van der Waals surface area contributed by atoms with Crippen LogP contribution in [0.3, 0.4) is 0 Å². The van der Waals surface area contributed by atoms with Crippen molar-refractivity contribution < 1.29 is 14.0 Å². The molecule has 1 aliphatic carbocycles. The lowest BCUT2D eigenvalue weighted by Gasteiger charge is -2.14. The van der Waals surface area contributed by atoms with Crippen LogP contribution in [-0.2, 0) is 11.2 Å². The number of nitrogens with one attached hydrogen (secondary N) is 1.